The first kappa shape index (κ1) is 11.4. The zero-order valence-electron chi connectivity index (χ0n) is 7.49. The number of rotatable bonds is 2. The molecule has 0 spiro atoms. The molecule has 84 valence electrons. The fourth-order valence-electron chi connectivity index (χ4n) is 0.984. The van der Waals surface area contributed by atoms with Crippen molar-refractivity contribution in [2.45, 2.75) is 11.7 Å². The highest BCUT2D eigenvalue weighted by Crippen LogP contribution is 2.35. The molecular formula is C6H7F3N4O2. The molecule has 0 radical (unpaired) electrons. The van der Waals surface area contributed by atoms with E-state index in [1.165, 1.54) is 7.05 Å². The second-order valence-corrected chi connectivity index (χ2v) is 2.88. The molecule has 0 amide bonds. The van der Waals surface area contributed by atoms with E-state index in [2.05, 4.69) is 10.2 Å². The van der Waals surface area contributed by atoms with Crippen molar-refractivity contribution in [3.63, 3.8) is 0 Å². The summed E-state index contributed by atoms with van der Waals surface area (Å²) in [7, 11) is 1.17. The summed E-state index contributed by atoms with van der Waals surface area (Å²) in [4.78, 5) is 10.6. The van der Waals surface area contributed by atoms with Crippen LogP contribution in [-0.4, -0.2) is 32.0 Å². The first-order valence-electron chi connectivity index (χ1n) is 3.64. The van der Waals surface area contributed by atoms with Crippen molar-refractivity contribution in [1.82, 2.24) is 14.8 Å². The molecule has 1 unspecified atom stereocenters. The molecule has 0 aliphatic heterocycles. The number of aromatic nitrogens is 3. The summed E-state index contributed by atoms with van der Waals surface area (Å²) < 4.78 is 38.3. The number of halogens is 3. The largest absolute Gasteiger partial charge is 0.479 e. The lowest BCUT2D eigenvalue weighted by molar-refractivity contribution is -0.206. The highest BCUT2D eigenvalue weighted by molar-refractivity contribution is 5.80. The molecule has 15 heavy (non-hydrogen) atoms. The number of nitrogens with two attached hydrogens (primary N) is 1. The molecule has 0 aliphatic carbocycles. The summed E-state index contributed by atoms with van der Waals surface area (Å²) in [5.41, 5.74) is 1.29. The van der Waals surface area contributed by atoms with Gasteiger partial charge in [-0.1, -0.05) is 0 Å². The van der Waals surface area contributed by atoms with Gasteiger partial charge in [0.1, 0.15) is 6.33 Å². The third kappa shape index (κ3) is 1.54. The van der Waals surface area contributed by atoms with Crippen LogP contribution in [0.25, 0.3) is 0 Å². The van der Waals surface area contributed by atoms with Gasteiger partial charge in [0.15, 0.2) is 5.82 Å². The smallest absolute Gasteiger partial charge is 0.424 e. The van der Waals surface area contributed by atoms with E-state index in [-0.39, 0.29) is 0 Å². The summed E-state index contributed by atoms with van der Waals surface area (Å²) in [5.74, 6) is -3.10. The fourth-order valence-corrected chi connectivity index (χ4v) is 0.984. The molecule has 1 aromatic heterocycles. The number of alkyl halides is 3. The van der Waals surface area contributed by atoms with Crippen LogP contribution >= 0.6 is 0 Å². The van der Waals surface area contributed by atoms with Crippen LogP contribution in [0.3, 0.4) is 0 Å². The molecule has 0 saturated heterocycles. The maximum atomic E-state index is 12.5. The zero-order chi connectivity index (χ0) is 11.9. The van der Waals surface area contributed by atoms with Crippen molar-refractivity contribution in [3.8, 4) is 0 Å². The Labute approximate surface area is 81.5 Å². The minimum absolute atomic E-state index is 0.807. The van der Waals surface area contributed by atoms with Crippen LogP contribution in [0.1, 0.15) is 5.82 Å². The standard InChI is InChI=1S/C6H7F3N4O2/c1-13-2-11-12-3(13)5(10,4(14)15)6(7,8)9/h2H,10H2,1H3,(H,14,15). The first-order chi connectivity index (χ1) is 6.71. The minimum Gasteiger partial charge on any atom is -0.479 e. The van der Waals surface area contributed by atoms with E-state index >= 15 is 0 Å². The highest BCUT2D eigenvalue weighted by atomic mass is 19.4. The molecule has 3 N–H and O–H groups in total. The Morgan fingerprint density at radius 3 is 2.40 bits per heavy atom. The maximum absolute atomic E-state index is 12.5. The monoisotopic (exact) mass is 224 g/mol. The number of aliphatic carboxylic acids is 1. The second kappa shape index (κ2) is 3.19. The predicted octanol–water partition coefficient (Wildman–Crippen LogP) is -0.384. The molecule has 0 saturated carbocycles. The molecule has 1 aromatic rings. The summed E-state index contributed by atoms with van der Waals surface area (Å²) in [6.07, 6.45) is -4.22. The van der Waals surface area contributed by atoms with Gasteiger partial charge in [0.2, 0.25) is 0 Å². The molecule has 1 atom stereocenters. The zero-order valence-corrected chi connectivity index (χ0v) is 7.49. The summed E-state index contributed by atoms with van der Waals surface area (Å²) >= 11 is 0. The van der Waals surface area contributed by atoms with Gasteiger partial charge in [-0.2, -0.15) is 13.2 Å². The van der Waals surface area contributed by atoms with Crippen molar-refractivity contribution in [1.29, 1.82) is 0 Å². The lowest BCUT2D eigenvalue weighted by Crippen LogP contribution is -2.58. The lowest BCUT2D eigenvalue weighted by Gasteiger charge is -2.25. The second-order valence-electron chi connectivity index (χ2n) is 2.88. The third-order valence-corrected chi connectivity index (χ3v) is 1.85. The SMILES string of the molecule is Cn1cnnc1C(N)(C(=O)O)C(F)(F)F. The molecule has 0 aromatic carbocycles. The van der Waals surface area contributed by atoms with Crippen LogP contribution in [0.4, 0.5) is 13.2 Å². The average Bonchev–Trinajstić information content (AvgIpc) is 2.47. The number of hydrogen-bond acceptors (Lipinski definition) is 4. The van der Waals surface area contributed by atoms with Crippen LogP contribution in [-0.2, 0) is 17.4 Å². The van der Waals surface area contributed by atoms with Gasteiger partial charge in [0.25, 0.3) is 5.54 Å². The molecule has 6 nitrogen and oxygen atoms in total. The first-order valence-corrected chi connectivity index (χ1v) is 3.64. The number of nitrogens with zero attached hydrogens (tertiary/aromatic N) is 3. The molecule has 1 rings (SSSR count). The number of carboxylic acid groups (broad SMARTS) is 1. The molecular weight excluding hydrogens is 217 g/mol. The maximum Gasteiger partial charge on any atom is 0.424 e. The number of hydrogen-bond donors (Lipinski definition) is 2. The molecule has 9 heteroatoms. The average molecular weight is 224 g/mol. The molecule has 0 aliphatic rings. The van der Waals surface area contributed by atoms with Crippen LogP contribution in [0.5, 0.6) is 0 Å². The summed E-state index contributed by atoms with van der Waals surface area (Å²) in [6.45, 7) is 0. The van der Waals surface area contributed by atoms with E-state index in [0.717, 1.165) is 10.9 Å². The Morgan fingerprint density at radius 1 is 1.60 bits per heavy atom. The lowest BCUT2D eigenvalue weighted by atomic mass is 9.99. The van der Waals surface area contributed by atoms with E-state index in [1.54, 1.807) is 0 Å². The molecule has 1 heterocycles. The Kier molecular flexibility index (Phi) is 2.43. The van der Waals surface area contributed by atoms with Crippen molar-refractivity contribution in [2.75, 3.05) is 0 Å². The Balaban J connectivity index is 3.39. The van der Waals surface area contributed by atoms with Gasteiger partial charge in [-0.15, -0.1) is 10.2 Å². The van der Waals surface area contributed by atoms with Gasteiger partial charge in [0, 0.05) is 7.05 Å². The van der Waals surface area contributed by atoms with Gasteiger partial charge in [0.05, 0.1) is 0 Å². The topological polar surface area (TPSA) is 94.0 Å². The van der Waals surface area contributed by atoms with E-state index in [4.69, 9.17) is 10.8 Å². The van der Waals surface area contributed by atoms with Crippen molar-refractivity contribution >= 4 is 5.97 Å². The van der Waals surface area contributed by atoms with E-state index < -0.39 is 23.5 Å². The number of carbonyl (C=O) groups is 1. The summed E-state index contributed by atoms with van der Waals surface area (Å²) in [6, 6.07) is 0. The number of carboxylic acids is 1. The minimum atomic E-state index is -5.15. The third-order valence-electron chi connectivity index (χ3n) is 1.85. The van der Waals surface area contributed by atoms with Gasteiger partial charge >= 0.3 is 12.1 Å². The van der Waals surface area contributed by atoms with E-state index in [0.29, 0.717) is 0 Å². The van der Waals surface area contributed by atoms with E-state index in [1.807, 2.05) is 0 Å². The molecule has 0 fully saturated rings. The van der Waals surface area contributed by atoms with Gasteiger partial charge in [-0.05, 0) is 0 Å². The molecule has 0 bridgehead atoms. The van der Waals surface area contributed by atoms with Crippen molar-refractivity contribution in [3.05, 3.63) is 12.2 Å². The van der Waals surface area contributed by atoms with Crippen LogP contribution < -0.4 is 5.73 Å². The van der Waals surface area contributed by atoms with Gasteiger partial charge in [-0.25, -0.2) is 4.79 Å². The number of aryl methyl sites for hydroxylation is 1. The normalized spacial score (nSPS) is 16.1. The van der Waals surface area contributed by atoms with Gasteiger partial charge in [-0.3, -0.25) is 0 Å². The Hall–Kier alpha value is -1.64. The van der Waals surface area contributed by atoms with Crippen LogP contribution in [0, 0.1) is 0 Å². The predicted molar refractivity (Wildman–Crippen MR) is 40.6 cm³/mol. The van der Waals surface area contributed by atoms with Gasteiger partial charge < -0.3 is 15.4 Å². The van der Waals surface area contributed by atoms with E-state index in [9.17, 15) is 18.0 Å². The van der Waals surface area contributed by atoms with Crippen LogP contribution in [0.2, 0.25) is 0 Å². The van der Waals surface area contributed by atoms with Crippen molar-refractivity contribution < 1.29 is 23.1 Å². The van der Waals surface area contributed by atoms with Crippen molar-refractivity contribution in [2.24, 2.45) is 12.8 Å². The Bertz CT molecular complexity index is 388. The summed E-state index contributed by atoms with van der Waals surface area (Å²) in [5, 5.41) is 14.8. The quantitative estimate of drug-likeness (QED) is 0.713. The van der Waals surface area contributed by atoms with Crippen LogP contribution in [0.15, 0.2) is 6.33 Å². The fraction of sp³-hybridized carbons (Fsp3) is 0.500. The highest BCUT2D eigenvalue weighted by Gasteiger charge is 2.62. The Morgan fingerprint density at radius 2 is 2.13 bits per heavy atom.